The maximum Gasteiger partial charge on any atom is 0.255 e. The van der Waals surface area contributed by atoms with Crippen LogP contribution in [0, 0.1) is 0 Å². The Morgan fingerprint density at radius 2 is 1.79 bits per heavy atom. The second-order valence-corrected chi connectivity index (χ2v) is 8.65. The van der Waals surface area contributed by atoms with Crippen molar-refractivity contribution in [2.24, 2.45) is 7.05 Å². The van der Waals surface area contributed by atoms with E-state index in [0.717, 1.165) is 32.8 Å². The molecule has 0 saturated carbocycles. The molecule has 5 heterocycles. The van der Waals surface area contributed by atoms with Crippen molar-refractivity contribution in [3.8, 4) is 11.1 Å². The zero-order valence-corrected chi connectivity index (χ0v) is 18.8. The monoisotopic (exact) mass is 466 g/mol. The van der Waals surface area contributed by atoms with Gasteiger partial charge in [0.05, 0.1) is 30.5 Å². The van der Waals surface area contributed by atoms with Crippen LogP contribution in [0.3, 0.4) is 0 Å². The summed E-state index contributed by atoms with van der Waals surface area (Å²) in [7, 11) is 1.90. The first kappa shape index (κ1) is 20.2. The standard InChI is InChI=1S/C24H18N8OS/c1-30-14-18(10-27-30)17-7-8-22-26-13-23(31(22)15-17)34-32-21-9-19(11-25-20(21)12-28-32)29-24(33)16-5-3-2-4-6-16/h2-15H,1H3,(H,29,33). The highest BCUT2D eigenvalue weighted by Gasteiger charge is 2.13. The van der Waals surface area contributed by atoms with Gasteiger partial charge in [-0.25, -0.2) is 4.98 Å². The normalized spacial score (nSPS) is 11.3. The van der Waals surface area contributed by atoms with E-state index in [1.54, 1.807) is 33.3 Å². The van der Waals surface area contributed by atoms with Crippen molar-refractivity contribution in [3.63, 3.8) is 0 Å². The number of aromatic nitrogens is 7. The SMILES string of the molecule is Cn1cc(-c2ccc3ncc(Sn4ncc5ncc(NC(=O)c6ccccc6)cc54)n3c2)cn1. The van der Waals surface area contributed by atoms with Gasteiger partial charge in [-0.05, 0) is 30.3 Å². The lowest BCUT2D eigenvalue weighted by Gasteiger charge is -2.07. The number of hydrogen-bond donors (Lipinski definition) is 1. The number of anilines is 1. The zero-order chi connectivity index (χ0) is 23.1. The lowest BCUT2D eigenvalue weighted by Crippen LogP contribution is -2.11. The first-order valence-corrected chi connectivity index (χ1v) is 11.3. The fraction of sp³-hybridized carbons (Fsp3) is 0.0417. The number of imidazole rings is 1. The predicted molar refractivity (Wildman–Crippen MR) is 131 cm³/mol. The van der Waals surface area contributed by atoms with E-state index in [0.29, 0.717) is 11.3 Å². The van der Waals surface area contributed by atoms with E-state index in [9.17, 15) is 4.79 Å². The number of nitrogens with zero attached hydrogens (tertiary/aromatic N) is 7. The molecule has 34 heavy (non-hydrogen) atoms. The van der Waals surface area contributed by atoms with Gasteiger partial charge in [0.1, 0.15) is 21.7 Å². The van der Waals surface area contributed by atoms with Crippen LogP contribution >= 0.6 is 11.9 Å². The fourth-order valence-electron chi connectivity index (χ4n) is 3.68. The summed E-state index contributed by atoms with van der Waals surface area (Å²) in [5.41, 5.74) is 5.60. The third-order valence-corrected chi connectivity index (χ3v) is 6.33. The van der Waals surface area contributed by atoms with Crippen molar-refractivity contribution in [1.29, 1.82) is 0 Å². The van der Waals surface area contributed by atoms with Crippen molar-refractivity contribution < 1.29 is 4.79 Å². The van der Waals surface area contributed by atoms with Gasteiger partial charge in [-0.2, -0.15) is 14.3 Å². The molecule has 0 aliphatic heterocycles. The van der Waals surface area contributed by atoms with Crippen molar-refractivity contribution >= 4 is 40.2 Å². The topological polar surface area (TPSA) is 94.9 Å². The molecule has 0 saturated heterocycles. The van der Waals surface area contributed by atoms with E-state index in [-0.39, 0.29) is 5.91 Å². The van der Waals surface area contributed by atoms with Gasteiger partial charge in [0.15, 0.2) is 0 Å². The molecule has 1 N–H and O–H groups in total. The van der Waals surface area contributed by atoms with Gasteiger partial charge in [-0.1, -0.05) is 18.2 Å². The summed E-state index contributed by atoms with van der Waals surface area (Å²) in [6.07, 6.45) is 11.0. The number of nitrogens with one attached hydrogen (secondary N) is 1. The highest BCUT2D eigenvalue weighted by Crippen LogP contribution is 2.28. The summed E-state index contributed by atoms with van der Waals surface area (Å²) >= 11 is 1.43. The number of carbonyl (C=O) groups is 1. The molecule has 0 atom stereocenters. The zero-order valence-electron chi connectivity index (χ0n) is 18.0. The molecule has 9 nitrogen and oxygen atoms in total. The molecular formula is C24H18N8OS. The molecule has 6 rings (SSSR count). The number of hydrogen-bond acceptors (Lipinski definition) is 6. The summed E-state index contributed by atoms with van der Waals surface area (Å²) in [6, 6.07) is 15.0. The Morgan fingerprint density at radius 1 is 0.912 bits per heavy atom. The average Bonchev–Trinajstić information content (AvgIpc) is 3.59. The largest absolute Gasteiger partial charge is 0.321 e. The van der Waals surface area contributed by atoms with Crippen LogP contribution < -0.4 is 5.32 Å². The molecule has 166 valence electrons. The molecule has 1 aromatic carbocycles. The highest BCUT2D eigenvalue weighted by atomic mass is 32.2. The van der Waals surface area contributed by atoms with Crippen LogP contribution in [-0.4, -0.2) is 39.2 Å². The molecule has 1 amide bonds. The average molecular weight is 467 g/mol. The van der Waals surface area contributed by atoms with E-state index in [2.05, 4.69) is 25.5 Å². The van der Waals surface area contributed by atoms with Crippen LogP contribution in [0.5, 0.6) is 0 Å². The number of amides is 1. The number of carbonyl (C=O) groups excluding carboxylic acids is 1. The Balaban J connectivity index is 1.32. The van der Waals surface area contributed by atoms with Gasteiger partial charge in [-0.15, -0.1) is 0 Å². The van der Waals surface area contributed by atoms with Crippen LogP contribution in [-0.2, 0) is 7.05 Å². The Kier molecular flexibility index (Phi) is 4.84. The van der Waals surface area contributed by atoms with Crippen molar-refractivity contribution in [2.45, 2.75) is 5.03 Å². The number of rotatable bonds is 5. The molecule has 0 aliphatic rings. The first-order valence-electron chi connectivity index (χ1n) is 10.5. The molecule has 10 heteroatoms. The van der Waals surface area contributed by atoms with Crippen LogP contribution in [0.2, 0.25) is 0 Å². The Hall–Kier alpha value is -4.44. The van der Waals surface area contributed by atoms with Crippen molar-refractivity contribution in [1.82, 2.24) is 33.3 Å². The molecule has 6 aromatic rings. The molecule has 5 aromatic heterocycles. The van der Waals surface area contributed by atoms with E-state index in [1.807, 2.05) is 72.6 Å². The predicted octanol–water partition coefficient (Wildman–Crippen LogP) is 4.29. The lowest BCUT2D eigenvalue weighted by atomic mass is 10.2. The molecule has 0 bridgehead atoms. The molecule has 0 spiro atoms. The first-order chi connectivity index (χ1) is 16.6. The smallest absolute Gasteiger partial charge is 0.255 e. The van der Waals surface area contributed by atoms with Crippen molar-refractivity contribution in [2.75, 3.05) is 5.32 Å². The third kappa shape index (κ3) is 3.69. The Bertz CT molecular complexity index is 1650. The Morgan fingerprint density at radius 3 is 2.62 bits per heavy atom. The van der Waals surface area contributed by atoms with Gasteiger partial charge >= 0.3 is 0 Å². The maximum absolute atomic E-state index is 12.5. The van der Waals surface area contributed by atoms with Gasteiger partial charge in [0, 0.05) is 48.1 Å². The molecule has 0 fully saturated rings. The molecule has 0 unspecified atom stereocenters. The van der Waals surface area contributed by atoms with E-state index < -0.39 is 0 Å². The minimum Gasteiger partial charge on any atom is -0.321 e. The van der Waals surface area contributed by atoms with Crippen LogP contribution in [0.15, 0.2) is 90.7 Å². The molecular weight excluding hydrogens is 448 g/mol. The summed E-state index contributed by atoms with van der Waals surface area (Å²) < 4.78 is 5.58. The maximum atomic E-state index is 12.5. The minimum atomic E-state index is -0.190. The quantitative estimate of drug-likeness (QED) is 0.407. The summed E-state index contributed by atoms with van der Waals surface area (Å²) in [5, 5.41) is 12.6. The summed E-state index contributed by atoms with van der Waals surface area (Å²) in [5.74, 6) is -0.190. The second kappa shape index (κ2) is 8.16. The summed E-state index contributed by atoms with van der Waals surface area (Å²) in [4.78, 5) is 21.5. The minimum absolute atomic E-state index is 0.190. The molecule has 0 radical (unpaired) electrons. The van der Waals surface area contributed by atoms with Gasteiger partial charge in [-0.3, -0.25) is 18.9 Å². The molecule has 0 aliphatic carbocycles. The second-order valence-electron chi connectivity index (χ2n) is 7.70. The van der Waals surface area contributed by atoms with Gasteiger partial charge in [0.2, 0.25) is 0 Å². The van der Waals surface area contributed by atoms with E-state index in [4.69, 9.17) is 0 Å². The number of fused-ring (bicyclic) bond motifs is 2. The number of benzene rings is 1. The lowest BCUT2D eigenvalue weighted by molar-refractivity contribution is 0.102. The van der Waals surface area contributed by atoms with Gasteiger partial charge in [0.25, 0.3) is 5.91 Å². The van der Waals surface area contributed by atoms with Crippen LogP contribution in [0.1, 0.15) is 10.4 Å². The van der Waals surface area contributed by atoms with E-state index in [1.165, 1.54) is 11.9 Å². The van der Waals surface area contributed by atoms with Crippen LogP contribution in [0.25, 0.3) is 27.8 Å². The highest BCUT2D eigenvalue weighted by molar-refractivity contribution is 7.97. The van der Waals surface area contributed by atoms with Crippen molar-refractivity contribution in [3.05, 3.63) is 91.3 Å². The van der Waals surface area contributed by atoms with E-state index >= 15 is 0 Å². The van der Waals surface area contributed by atoms with Gasteiger partial charge < -0.3 is 5.32 Å². The fourth-order valence-corrected chi connectivity index (χ4v) is 4.53. The Labute approximate surface area is 198 Å². The number of pyridine rings is 2. The number of aryl methyl sites for hydroxylation is 1. The third-order valence-electron chi connectivity index (χ3n) is 5.37. The summed E-state index contributed by atoms with van der Waals surface area (Å²) in [6.45, 7) is 0. The van der Waals surface area contributed by atoms with Crippen LogP contribution in [0.4, 0.5) is 5.69 Å².